The van der Waals surface area contributed by atoms with Crippen molar-refractivity contribution in [1.82, 2.24) is 4.90 Å². The van der Waals surface area contributed by atoms with Gasteiger partial charge in [-0.25, -0.2) is 0 Å². The van der Waals surface area contributed by atoms with Crippen molar-refractivity contribution in [2.45, 2.75) is 32.9 Å². The zero-order chi connectivity index (χ0) is 14.3. The number of nitrogens with zero attached hydrogens (tertiary/aromatic N) is 2. The second-order valence-electron chi connectivity index (χ2n) is 4.75. The molecule has 0 unspecified atom stereocenters. The van der Waals surface area contributed by atoms with E-state index in [1.165, 1.54) is 4.90 Å². The molecule has 0 fully saturated rings. The molecule has 1 rings (SSSR count). The number of nitriles is 1. The molecule has 102 valence electrons. The maximum atomic E-state index is 12.3. The number of hydrogen-bond acceptors (Lipinski definition) is 3. The smallest absolute Gasteiger partial charge is 0.240 e. The molecule has 0 spiro atoms. The third-order valence-corrected chi connectivity index (χ3v) is 3.33. The minimum Gasteiger partial charge on any atom is -0.324 e. The van der Waals surface area contributed by atoms with Gasteiger partial charge >= 0.3 is 0 Å². The van der Waals surface area contributed by atoms with E-state index in [1.807, 2.05) is 50.2 Å². The number of carbonyl (C=O) groups excluding carboxylic acids is 1. The molecule has 2 N–H and O–H groups in total. The molecule has 2 atom stereocenters. The van der Waals surface area contributed by atoms with E-state index in [-0.39, 0.29) is 18.4 Å². The second-order valence-corrected chi connectivity index (χ2v) is 4.75. The van der Waals surface area contributed by atoms with E-state index in [0.717, 1.165) is 12.0 Å². The summed E-state index contributed by atoms with van der Waals surface area (Å²) >= 11 is 0. The van der Waals surface area contributed by atoms with Gasteiger partial charge in [-0.2, -0.15) is 5.26 Å². The number of nitrogens with two attached hydrogens (primary N) is 1. The molecular formula is C15H21N3O. The average molecular weight is 259 g/mol. The van der Waals surface area contributed by atoms with E-state index < -0.39 is 6.04 Å². The van der Waals surface area contributed by atoms with Crippen LogP contribution in [0.5, 0.6) is 0 Å². The van der Waals surface area contributed by atoms with Gasteiger partial charge in [-0.3, -0.25) is 4.79 Å². The highest BCUT2D eigenvalue weighted by molar-refractivity contribution is 5.82. The number of benzene rings is 1. The van der Waals surface area contributed by atoms with Gasteiger partial charge in [0.25, 0.3) is 0 Å². The van der Waals surface area contributed by atoms with Crippen LogP contribution in [0.25, 0.3) is 0 Å². The van der Waals surface area contributed by atoms with Gasteiger partial charge in [-0.1, -0.05) is 50.6 Å². The molecule has 0 radical (unpaired) electrons. The highest BCUT2D eigenvalue weighted by Crippen LogP contribution is 2.11. The normalized spacial score (nSPS) is 13.4. The molecule has 0 aliphatic carbocycles. The molecule has 0 aromatic heterocycles. The van der Waals surface area contributed by atoms with Crippen molar-refractivity contribution in [2.24, 2.45) is 11.7 Å². The monoisotopic (exact) mass is 259 g/mol. The Hall–Kier alpha value is -1.86. The van der Waals surface area contributed by atoms with Crippen LogP contribution < -0.4 is 5.73 Å². The van der Waals surface area contributed by atoms with Gasteiger partial charge in [-0.05, 0) is 11.5 Å². The SMILES string of the molecule is CC[C@H](C)[C@H](N)C(=O)N(CC#N)Cc1ccccc1. The van der Waals surface area contributed by atoms with Crippen molar-refractivity contribution in [1.29, 1.82) is 5.26 Å². The molecule has 19 heavy (non-hydrogen) atoms. The predicted octanol–water partition coefficient (Wildman–Crippen LogP) is 1.91. The van der Waals surface area contributed by atoms with Crippen LogP contribution in [0.3, 0.4) is 0 Å². The Morgan fingerprint density at radius 1 is 1.42 bits per heavy atom. The summed E-state index contributed by atoms with van der Waals surface area (Å²) in [7, 11) is 0. The third kappa shape index (κ3) is 4.38. The van der Waals surface area contributed by atoms with Gasteiger partial charge < -0.3 is 10.6 Å². The molecule has 1 aromatic rings. The van der Waals surface area contributed by atoms with Crippen LogP contribution >= 0.6 is 0 Å². The molecule has 0 aliphatic heterocycles. The van der Waals surface area contributed by atoms with Gasteiger partial charge in [0.15, 0.2) is 0 Å². The molecule has 0 saturated carbocycles. The Labute approximate surface area is 114 Å². The summed E-state index contributed by atoms with van der Waals surface area (Å²) in [4.78, 5) is 13.8. The minimum atomic E-state index is -0.540. The van der Waals surface area contributed by atoms with E-state index in [9.17, 15) is 4.79 Å². The zero-order valence-corrected chi connectivity index (χ0v) is 11.5. The molecule has 4 nitrogen and oxygen atoms in total. The van der Waals surface area contributed by atoms with Crippen LogP contribution in [0.2, 0.25) is 0 Å². The average Bonchev–Trinajstić information content (AvgIpc) is 2.45. The maximum absolute atomic E-state index is 12.3. The molecule has 1 aromatic carbocycles. The first-order chi connectivity index (χ1) is 9.10. The number of rotatable bonds is 6. The fraction of sp³-hybridized carbons (Fsp3) is 0.467. The number of hydrogen-bond donors (Lipinski definition) is 1. The van der Waals surface area contributed by atoms with Crippen LogP contribution in [0.4, 0.5) is 0 Å². The molecule has 4 heteroatoms. The summed E-state index contributed by atoms with van der Waals surface area (Å²) in [6.07, 6.45) is 0.846. The molecule has 0 aliphatic rings. The summed E-state index contributed by atoms with van der Waals surface area (Å²) in [5.74, 6) is -0.0378. The van der Waals surface area contributed by atoms with Crippen molar-refractivity contribution in [3.8, 4) is 6.07 Å². The third-order valence-electron chi connectivity index (χ3n) is 3.33. The Morgan fingerprint density at radius 2 is 2.05 bits per heavy atom. The van der Waals surface area contributed by atoms with Crippen LogP contribution in [-0.2, 0) is 11.3 Å². The van der Waals surface area contributed by atoms with Crippen LogP contribution in [-0.4, -0.2) is 23.4 Å². The first kappa shape index (κ1) is 15.2. The van der Waals surface area contributed by atoms with E-state index in [4.69, 9.17) is 11.0 Å². The van der Waals surface area contributed by atoms with Crippen LogP contribution in [0, 0.1) is 17.2 Å². The van der Waals surface area contributed by atoms with Crippen molar-refractivity contribution in [3.63, 3.8) is 0 Å². The summed E-state index contributed by atoms with van der Waals surface area (Å²) in [6.45, 7) is 4.45. The summed E-state index contributed by atoms with van der Waals surface area (Å²) in [5, 5.41) is 8.86. The fourth-order valence-corrected chi connectivity index (χ4v) is 1.81. The van der Waals surface area contributed by atoms with E-state index in [0.29, 0.717) is 6.54 Å². The van der Waals surface area contributed by atoms with Crippen molar-refractivity contribution >= 4 is 5.91 Å². The number of carbonyl (C=O) groups is 1. The van der Waals surface area contributed by atoms with Crippen molar-refractivity contribution in [3.05, 3.63) is 35.9 Å². The van der Waals surface area contributed by atoms with E-state index in [1.54, 1.807) is 0 Å². The number of amides is 1. The second kappa shape index (κ2) is 7.55. The quantitative estimate of drug-likeness (QED) is 0.793. The predicted molar refractivity (Wildman–Crippen MR) is 74.9 cm³/mol. The lowest BCUT2D eigenvalue weighted by atomic mass is 9.98. The van der Waals surface area contributed by atoms with Gasteiger partial charge in [-0.15, -0.1) is 0 Å². The molecule has 0 bridgehead atoms. The first-order valence-electron chi connectivity index (χ1n) is 6.55. The fourth-order valence-electron chi connectivity index (χ4n) is 1.81. The highest BCUT2D eigenvalue weighted by Gasteiger charge is 2.24. The molecular weight excluding hydrogens is 238 g/mol. The largest absolute Gasteiger partial charge is 0.324 e. The van der Waals surface area contributed by atoms with Crippen LogP contribution in [0.1, 0.15) is 25.8 Å². The van der Waals surface area contributed by atoms with Crippen LogP contribution in [0.15, 0.2) is 30.3 Å². The topological polar surface area (TPSA) is 70.1 Å². The van der Waals surface area contributed by atoms with E-state index in [2.05, 4.69) is 0 Å². The zero-order valence-electron chi connectivity index (χ0n) is 11.5. The summed E-state index contributed by atoms with van der Waals surface area (Å²) in [6, 6.07) is 11.1. The molecule has 0 heterocycles. The van der Waals surface area contributed by atoms with Gasteiger partial charge in [0.1, 0.15) is 6.54 Å². The standard InChI is InChI=1S/C15H21N3O/c1-3-12(2)14(17)15(19)18(10-9-16)11-13-7-5-4-6-8-13/h4-8,12,14H,3,10-11,17H2,1-2H3/t12-,14-/m0/s1. The van der Waals surface area contributed by atoms with Crippen molar-refractivity contribution in [2.75, 3.05) is 6.54 Å². The Balaban J connectivity index is 2.77. The Bertz CT molecular complexity index is 438. The lowest BCUT2D eigenvalue weighted by molar-refractivity contribution is -0.133. The lowest BCUT2D eigenvalue weighted by Crippen LogP contribution is -2.46. The van der Waals surface area contributed by atoms with Gasteiger partial charge in [0, 0.05) is 6.54 Å². The highest BCUT2D eigenvalue weighted by atomic mass is 16.2. The molecule has 1 amide bonds. The summed E-state index contributed by atoms with van der Waals surface area (Å²) < 4.78 is 0. The lowest BCUT2D eigenvalue weighted by Gasteiger charge is -2.26. The maximum Gasteiger partial charge on any atom is 0.240 e. The molecule has 0 saturated heterocycles. The first-order valence-corrected chi connectivity index (χ1v) is 6.55. The summed E-state index contributed by atoms with van der Waals surface area (Å²) in [5.41, 5.74) is 6.96. The Morgan fingerprint density at radius 3 is 2.58 bits per heavy atom. The van der Waals surface area contributed by atoms with Crippen molar-refractivity contribution < 1.29 is 4.79 Å². The van der Waals surface area contributed by atoms with Gasteiger partial charge in [0.05, 0.1) is 12.1 Å². The minimum absolute atomic E-state index is 0.0673. The Kier molecular flexibility index (Phi) is 6.04. The van der Waals surface area contributed by atoms with Gasteiger partial charge in [0.2, 0.25) is 5.91 Å². The van der Waals surface area contributed by atoms with E-state index >= 15 is 0 Å².